The van der Waals surface area contributed by atoms with Crippen molar-refractivity contribution >= 4 is 17.7 Å². The van der Waals surface area contributed by atoms with Gasteiger partial charge in [0.15, 0.2) is 0 Å². The molecule has 5 heteroatoms. The van der Waals surface area contributed by atoms with Gasteiger partial charge in [-0.15, -0.1) is 11.8 Å². The summed E-state index contributed by atoms with van der Waals surface area (Å²) in [5.41, 5.74) is 1.17. The summed E-state index contributed by atoms with van der Waals surface area (Å²) in [4.78, 5) is 17.9. The van der Waals surface area contributed by atoms with Gasteiger partial charge in [-0.1, -0.05) is 13.8 Å². The van der Waals surface area contributed by atoms with Gasteiger partial charge in [0, 0.05) is 37.2 Å². The van der Waals surface area contributed by atoms with Crippen molar-refractivity contribution in [2.45, 2.75) is 37.7 Å². The van der Waals surface area contributed by atoms with Crippen LogP contribution in [0.1, 0.15) is 25.8 Å². The summed E-state index contributed by atoms with van der Waals surface area (Å²) in [5.74, 6) is 1.42. The van der Waals surface area contributed by atoms with E-state index < -0.39 is 0 Å². The van der Waals surface area contributed by atoms with Crippen LogP contribution in [-0.4, -0.2) is 45.5 Å². The van der Waals surface area contributed by atoms with Crippen molar-refractivity contribution in [1.82, 2.24) is 9.88 Å². The Hall–Kier alpha value is -1.07. The Kier molecular flexibility index (Phi) is 4.22. The van der Waals surface area contributed by atoms with Gasteiger partial charge in [-0.25, -0.2) is 0 Å². The quantitative estimate of drug-likeness (QED) is 0.856. The lowest BCUT2D eigenvalue weighted by Crippen LogP contribution is -2.61. The van der Waals surface area contributed by atoms with Crippen molar-refractivity contribution in [1.29, 1.82) is 0 Å². The van der Waals surface area contributed by atoms with Crippen molar-refractivity contribution in [2.75, 3.05) is 18.8 Å². The smallest absolute Gasteiger partial charge is 0.225 e. The van der Waals surface area contributed by atoms with Gasteiger partial charge in [0.25, 0.3) is 0 Å². The van der Waals surface area contributed by atoms with Crippen LogP contribution < -0.4 is 0 Å². The average Bonchev–Trinajstić information content (AvgIpc) is 2.88. The van der Waals surface area contributed by atoms with Crippen LogP contribution in [0.4, 0.5) is 0 Å². The van der Waals surface area contributed by atoms with E-state index in [1.165, 1.54) is 5.56 Å². The Labute approximate surface area is 130 Å². The molecular weight excluding hydrogens is 284 g/mol. The van der Waals surface area contributed by atoms with Gasteiger partial charge < -0.3 is 9.64 Å². The van der Waals surface area contributed by atoms with E-state index in [2.05, 4.69) is 4.98 Å². The van der Waals surface area contributed by atoms with Gasteiger partial charge in [0.2, 0.25) is 5.91 Å². The molecule has 1 aromatic heterocycles. The number of thioether (sulfide) groups is 1. The minimum Gasteiger partial charge on any atom is -0.373 e. The Morgan fingerprint density at radius 1 is 1.48 bits per heavy atom. The summed E-state index contributed by atoms with van der Waals surface area (Å²) in [7, 11) is 0. The highest BCUT2D eigenvalue weighted by Gasteiger charge is 2.51. The topological polar surface area (TPSA) is 42.4 Å². The standard InChI is InChI=1S/C16H22N2O2S/c1-12(2)15(19)18-10-16(11-18)7-14(9-21-16)20-8-13-3-5-17-6-4-13/h3-6,12,14H,7-11H2,1-2H3/t14-/m1/s1. The molecule has 0 aromatic carbocycles. The first-order valence-corrected chi connectivity index (χ1v) is 8.50. The van der Waals surface area contributed by atoms with Gasteiger partial charge >= 0.3 is 0 Å². The van der Waals surface area contributed by atoms with E-state index >= 15 is 0 Å². The van der Waals surface area contributed by atoms with Crippen LogP contribution in [0.3, 0.4) is 0 Å². The number of rotatable bonds is 4. The maximum absolute atomic E-state index is 11.9. The molecule has 1 amide bonds. The van der Waals surface area contributed by atoms with E-state index in [0.717, 1.165) is 25.3 Å². The zero-order valence-electron chi connectivity index (χ0n) is 12.6. The lowest BCUT2D eigenvalue weighted by molar-refractivity contribution is -0.140. The number of amides is 1. The Bertz CT molecular complexity index is 500. The highest BCUT2D eigenvalue weighted by molar-refractivity contribution is 8.01. The summed E-state index contributed by atoms with van der Waals surface area (Å²) >= 11 is 1.98. The first kappa shape index (κ1) is 14.9. The fraction of sp³-hybridized carbons (Fsp3) is 0.625. The highest BCUT2D eigenvalue weighted by Crippen LogP contribution is 2.46. The number of ether oxygens (including phenoxy) is 1. The molecule has 0 N–H and O–H groups in total. The number of hydrogen-bond donors (Lipinski definition) is 0. The van der Waals surface area contributed by atoms with Crippen LogP contribution in [0, 0.1) is 5.92 Å². The Morgan fingerprint density at radius 2 is 2.19 bits per heavy atom. The maximum Gasteiger partial charge on any atom is 0.225 e. The molecule has 0 bridgehead atoms. The number of nitrogens with zero attached hydrogens (tertiary/aromatic N) is 2. The highest BCUT2D eigenvalue weighted by atomic mass is 32.2. The number of carbonyl (C=O) groups excluding carboxylic acids is 1. The van der Waals surface area contributed by atoms with Gasteiger partial charge in [-0.05, 0) is 24.1 Å². The summed E-state index contributed by atoms with van der Waals surface area (Å²) < 4.78 is 6.27. The van der Waals surface area contributed by atoms with Crippen molar-refractivity contribution in [3.8, 4) is 0 Å². The predicted octanol–water partition coefficient (Wildman–Crippen LogP) is 2.34. The molecule has 4 nitrogen and oxygen atoms in total. The van der Waals surface area contributed by atoms with Crippen molar-refractivity contribution < 1.29 is 9.53 Å². The van der Waals surface area contributed by atoms with Gasteiger partial charge in [-0.3, -0.25) is 9.78 Å². The number of aromatic nitrogens is 1. The fourth-order valence-electron chi connectivity index (χ4n) is 2.99. The molecule has 1 spiro atoms. The molecule has 114 valence electrons. The number of likely N-dealkylation sites (tertiary alicyclic amines) is 1. The van der Waals surface area contributed by atoms with Crippen LogP contribution in [0.15, 0.2) is 24.5 Å². The SMILES string of the molecule is CC(C)C(=O)N1CC2(C[C@@H](OCc3ccncc3)CS2)C1. The van der Waals surface area contributed by atoms with E-state index in [0.29, 0.717) is 12.7 Å². The van der Waals surface area contributed by atoms with Crippen molar-refractivity contribution in [3.63, 3.8) is 0 Å². The van der Waals surface area contributed by atoms with Crippen LogP contribution in [0.2, 0.25) is 0 Å². The molecule has 0 unspecified atom stereocenters. The Balaban J connectivity index is 1.46. The third kappa shape index (κ3) is 3.24. The molecule has 3 rings (SSSR count). The molecule has 3 heterocycles. The third-order valence-electron chi connectivity index (χ3n) is 4.17. The third-order valence-corrected chi connectivity index (χ3v) is 5.75. The molecule has 2 fully saturated rings. The minimum atomic E-state index is 0.104. The number of pyridine rings is 1. The van der Waals surface area contributed by atoms with E-state index in [1.807, 2.05) is 42.6 Å². The summed E-state index contributed by atoms with van der Waals surface area (Å²) in [6.45, 7) is 6.37. The van der Waals surface area contributed by atoms with Crippen LogP contribution in [-0.2, 0) is 16.1 Å². The number of carbonyl (C=O) groups is 1. The lowest BCUT2D eigenvalue weighted by Gasteiger charge is -2.48. The van der Waals surface area contributed by atoms with Crippen LogP contribution in [0.5, 0.6) is 0 Å². The molecule has 1 aromatic rings. The summed E-state index contributed by atoms with van der Waals surface area (Å²) in [5, 5.41) is 0. The van der Waals surface area contributed by atoms with E-state index in [9.17, 15) is 4.79 Å². The summed E-state index contributed by atoms with van der Waals surface area (Å²) in [6.07, 6.45) is 4.96. The average molecular weight is 306 g/mol. The zero-order valence-corrected chi connectivity index (χ0v) is 13.4. The molecule has 2 aliphatic heterocycles. The Morgan fingerprint density at radius 3 is 2.86 bits per heavy atom. The van der Waals surface area contributed by atoms with E-state index in [4.69, 9.17) is 4.74 Å². The molecule has 0 saturated carbocycles. The minimum absolute atomic E-state index is 0.104. The molecule has 2 aliphatic rings. The largest absolute Gasteiger partial charge is 0.373 e. The van der Waals surface area contributed by atoms with E-state index in [1.54, 1.807) is 12.4 Å². The second-order valence-corrected chi connectivity index (χ2v) is 7.82. The number of hydrogen-bond acceptors (Lipinski definition) is 4. The molecule has 0 aliphatic carbocycles. The van der Waals surface area contributed by atoms with Gasteiger partial charge in [0.1, 0.15) is 0 Å². The van der Waals surface area contributed by atoms with Crippen LogP contribution in [0.25, 0.3) is 0 Å². The summed E-state index contributed by atoms with van der Waals surface area (Å²) in [6, 6.07) is 3.98. The second kappa shape index (κ2) is 5.97. The van der Waals surface area contributed by atoms with Crippen LogP contribution >= 0.6 is 11.8 Å². The second-order valence-electron chi connectivity index (χ2n) is 6.34. The maximum atomic E-state index is 11.9. The molecule has 0 radical (unpaired) electrons. The predicted molar refractivity (Wildman–Crippen MR) is 84.0 cm³/mol. The molecule has 21 heavy (non-hydrogen) atoms. The van der Waals surface area contributed by atoms with E-state index in [-0.39, 0.29) is 16.6 Å². The van der Waals surface area contributed by atoms with Gasteiger partial charge in [0.05, 0.1) is 17.5 Å². The van der Waals surface area contributed by atoms with Gasteiger partial charge in [-0.2, -0.15) is 0 Å². The zero-order chi connectivity index (χ0) is 14.9. The molecule has 2 saturated heterocycles. The first-order chi connectivity index (χ1) is 10.1. The molecular formula is C16H22N2O2S. The fourth-order valence-corrected chi connectivity index (χ4v) is 4.54. The monoisotopic (exact) mass is 306 g/mol. The van der Waals surface area contributed by atoms with Crippen molar-refractivity contribution in [3.05, 3.63) is 30.1 Å². The first-order valence-electron chi connectivity index (χ1n) is 7.51. The lowest BCUT2D eigenvalue weighted by atomic mass is 9.92. The normalized spacial score (nSPS) is 23.6. The van der Waals surface area contributed by atoms with Crippen molar-refractivity contribution in [2.24, 2.45) is 5.92 Å². The molecule has 1 atom stereocenters.